The van der Waals surface area contributed by atoms with E-state index in [1.165, 1.54) is 64.7 Å². The zero-order valence-electron chi connectivity index (χ0n) is 13.0. The summed E-state index contributed by atoms with van der Waals surface area (Å²) in [6.07, 6.45) is 8.47. The Morgan fingerprint density at radius 1 is 1.05 bits per heavy atom. The lowest BCUT2D eigenvalue weighted by Gasteiger charge is -2.36. The molecule has 0 aromatic rings. The van der Waals surface area contributed by atoms with Crippen molar-refractivity contribution in [3.8, 4) is 0 Å². The van der Waals surface area contributed by atoms with Crippen molar-refractivity contribution in [2.75, 3.05) is 32.7 Å². The second-order valence-corrected chi connectivity index (χ2v) is 6.24. The Morgan fingerprint density at radius 3 is 2.53 bits per heavy atom. The fourth-order valence-electron chi connectivity index (χ4n) is 3.92. The Bertz CT molecular complexity index is 234. The monoisotopic (exact) mass is 267 g/mol. The van der Waals surface area contributed by atoms with Gasteiger partial charge < -0.3 is 15.5 Å². The van der Waals surface area contributed by atoms with Crippen LogP contribution in [0.5, 0.6) is 0 Å². The Morgan fingerprint density at radius 2 is 1.84 bits per heavy atom. The third-order valence-corrected chi connectivity index (χ3v) is 5.16. The van der Waals surface area contributed by atoms with E-state index in [0.717, 1.165) is 24.5 Å². The van der Waals surface area contributed by atoms with Gasteiger partial charge in [0.2, 0.25) is 0 Å². The summed E-state index contributed by atoms with van der Waals surface area (Å²) in [6, 6.07) is 1.56. The quantitative estimate of drug-likeness (QED) is 0.741. The van der Waals surface area contributed by atoms with Crippen LogP contribution in [0.25, 0.3) is 0 Å². The van der Waals surface area contributed by atoms with E-state index in [0.29, 0.717) is 0 Å². The molecule has 0 radical (unpaired) electrons. The predicted octanol–water partition coefficient (Wildman–Crippen LogP) is 2.23. The lowest BCUT2D eigenvalue weighted by atomic mass is 9.79. The highest BCUT2D eigenvalue weighted by atomic mass is 15.1. The van der Waals surface area contributed by atoms with Crippen LogP contribution in [-0.4, -0.2) is 49.7 Å². The van der Waals surface area contributed by atoms with Gasteiger partial charge in [-0.15, -0.1) is 0 Å². The highest BCUT2D eigenvalue weighted by Gasteiger charge is 2.32. The lowest BCUT2D eigenvalue weighted by Crippen LogP contribution is -2.48. The molecule has 0 aromatic heterocycles. The minimum absolute atomic E-state index is 0.764. The summed E-state index contributed by atoms with van der Waals surface area (Å²) in [6.45, 7) is 10.5. The highest BCUT2D eigenvalue weighted by molar-refractivity contribution is 4.91. The number of rotatable bonds is 7. The summed E-state index contributed by atoms with van der Waals surface area (Å²) < 4.78 is 0. The second-order valence-electron chi connectivity index (χ2n) is 6.24. The van der Waals surface area contributed by atoms with Gasteiger partial charge in [0.15, 0.2) is 0 Å². The van der Waals surface area contributed by atoms with Crippen LogP contribution in [0.1, 0.15) is 52.4 Å². The van der Waals surface area contributed by atoms with Gasteiger partial charge >= 0.3 is 0 Å². The number of nitrogens with zero attached hydrogens (tertiary/aromatic N) is 1. The largest absolute Gasteiger partial charge is 0.314 e. The van der Waals surface area contributed by atoms with Crippen molar-refractivity contribution >= 4 is 0 Å². The molecule has 2 aliphatic rings. The molecular weight excluding hydrogens is 234 g/mol. The maximum atomic E-state index is 3.87. The normalized spacial score (nSPS) is 32.1. The first kappa shape index (κ1) is 15.3. The van der Waals surface area contributed by atoms with E-state index in [2.05, 4.69) is 29.4 Å². The zero-order chi connectivity index (χ0) is 13.5. The second kappa shape index (κ2) is 8.23. The molecule has 1 aliphatic carbocycles. The summed E-state index contributed by atoms with van der Waals surface area (Å²) >= 11 is 0. The molecule has 3 heteroatoms. The topological polar surface area (TPSA) is 27.3 Å². The molecule has 1 heterocycles. The molecule has 1 saturated carbocycles. The van der Waals surface area contributed by atoms with Gasteiger partial charge in [0.05, 0.1) is 0 Å². The smallest absolute Gasteiger partial charge is 0.0111 e. The molecule has 2 N–H and O–H groups in total. The van der Waals surface area contributed by atoms with Gasteiger partial charge in [-0.3, -0.25) is 0 Å². The molecule has 1 saturated heterocycles. The first-order valence-corrected chi connectivity index (χ1v) is 8.54. The van der Waals surface area contributed by atoms with Crippen molar-refractivity contribution in [3.63, 3.8) is 0 Å². The number of hydrogen-bond acceptors (Lipinski definition) is 3. The molecule has 1 aliphatic heterocycles. The van der Waals surface area contributed by atoms with Crippen LogP contribution in [-0.2, 0) is 0 Å². The van der Waals surface area contributed by atoms with Crippen LogP contribution in [0, 0.1) is 5.92 Å². The Balaban J connectivity index is 1.75. The Kier molecular flexibility index (Phi) is 6.62. The first-order chi connectivity index (χ1) is 9.35. The lowest BCUT2D eigenvalue weighted by molar-refractivity contribution is 0.205. The molecule has 3 unspecified atom stereocenters. The Labute approximate surface area is 119 Å². The zero-order valence-corrected chi connectivity index (χ0v) is 13.0. The summed E-state index contributed by atoms with van der Waals surface area (Å²) in [7, 11) is 0. The summed E-state index contributed by atoms with van der Waals surface area (Å²) in [5.41, 5.74) is 0. The van der Waals surface area contributed by atoms with Crippen LogP contribution >= 0.6 is 0 Å². The minimum atomic E-state index is 0.764. The third-order valence-electron chi connectivity index (χ3n) is 5.16. The van der Waals surface area contributed by atoms with E-state index in [1.807, 2.05) is 0 Å². The molecule has 2 fully saturated rings. The molecular formula is C16H33N3. The first-order valence-electron chi connectivity index (χ1n) is 8.54. The van der Waals surface area contributed by atoms with Crippen LogP contribution in [0.4, 0.5) is 0 Å². The minimum Gasteiger partial charge on any atom is -0.314 e. The maximum absolute atomic E-state index is 3.87. The molecule has 0 aromatic carbocycles. The molecule has 2 rings (SSSR count). The standard InChI is InChI=1S/C16H33N3/c1-3-19(4-2)13-12-18-15-9-6-5-8-14(15)16-10-7-11-17-16/h14-18H,3-13H2,1-2H3. The average molecular weight is 267 g/mol. The summed E-state index contributed by atoms with van der Waals surface area (Å²) in [5.74, 6) is 0.882. The summed E-state index contributed by atoms with van der Waals surface area (Å²) in [5, 5.41) is 7.59. The van der Waals surface area contributed by atoms with Crippen LogP contribution < -0.4 is 10.6 Å². The molecule has 0 amide bonds. The molecule has 112 valence electrons. The van der Waals surface area contributed by atoms with Crippen LogP contribution in [0.2, 0.25) is 0 Å². The van der Waals surface area contributed by atoms with E-state index >= 15 is 0 Å². The van der Waals surface area contributed by atoms with Gasteiger partial charge in [-0.25, -0.2) is 0 Å². The fourth-order valence-corrected chi connectivity index (χ4v) is 3.92. The SMILES string of the molecule is CCN(CC)CCNC1CCCCC1C1CCCN1. The van der Waals surface area contributed by atoms with Gasteiger partial charge in [-0.1, -0.05) is 26.7 Å². The van der Waals surface area contributed by atoms with Crippen molar-refractivity contribution in [1.29, 1.82) is 0 Å². The van der Waals surface area contributed by atoms with Crippen molar-refractivity contribution < 1.29 is 0 Å². The Hall–Kier alpha value is -0.120. The molecule has 3 atom stereocenters. The highest BCUT2D eigenvalue weighted by Crippen LogP contribution is 2.30. The predicted molar refractivity (Wildman–Crippen MR) is 82.6 cm³/mol. The maximum Gasteiger partial charge on any atom is 0.0111 e. The van der Waals surface area contributed by atoms with Crippen molar-refractivity contribution in [1.82, 2.24) is 15.5 Å². The molecule has 0 bridgehead atoms. The van der Waals surface area contributed by atoms with E-state index in [9.17, 15) is 0 Å². The van der Waals surface area contributed by atoms with E-state index in [1.54, 1.807) is 0 Å². The molecule has 19 heavy (non-hydrogen) atoms. The van der Waals surface area contributed by atoms with E-state index < -0.39 is 0 Å². The molecule has 3 nitrogen and oxygen atoms in total. The number of likely N-dealkylation sites (N-methyl/N-ethyl adjacent to an activating group) is 1. The summed E-state index contributed by atoms with van der Waals surface area (Å²) in [4.78, 5) is 2.51. The molecule has 0 spiro atoms. The van der Waals surface area contributed by atoms with Gasteiger partial charge in [-0.2, -0.15) is 0 Å². The average Bonchev–Trinajstić information content (AvgIpc) is 2.98. The van der Waals surface area contributed by atoms with E-state index in [-0.39, 0.29) is 0 Å². The van der Waals surface area contributed by atoms with Gasteiger partial charge in [0, 0.05) is 25.2 Å². The number of hydrogen-bond donors (Lipinski definition) is 2. The van der Waals surface area contributed by atoms with Gasteiger partial charge in [0.1, 0.15) is 0 Å². The van der Waals surface area contributed by atoms with Crippen molar-refractivity contribution in [2.24, 2.45) is 5.92 Å². The van der Waals surface area contributed by atoms with Gasteiger partial charge in [-0.05, 0) is 51.2 Å². The number of nitrogens with one attached hydrogen (secondary N) is 2. The van der Waals surface area contributed by atoms with Crippen LogP contribution in [0.3, 0.4) is 0 Å². The third kappa shape index (κ3) is 4.44. The van der Waals surface area contributed by atoms with Crippen LogP contribution in [0.15, 0.2) is 0 Å². The van der Waals surface area contributed by atoms with Crippen molar-refractivity contribution in [2.45, 2.75) is 64.5 Å². The van der Waals surface area contributed by atoms with Crippen molar-refractivity contribution in [3.05, 3.63) is 0 Å². The van der Waals surface area contributed by atoms with Gasteiger partial charge in [0.25, 0.3) is 0 Å². The van der Waals surface area contributed by atoms with E-state index in [4.69, 9.17) is 0 Å². The fraction of sp³-hybridized carbons (Fsp3) is 1.00.